The number of aliphatic hydroxyl groups is 1. The molecule has 21 heavy (non-hydrogen) atoms. The Kier molecular flexibility index (Phi) is 4.75. The van der Waals surface area contributed by atoms with Crippen LogP contribution in [0.3, 0.4) is 0 Å². The van der Waals surface area contributed by atoms with Crippen LogP contribution >= 0.6 is 0 Å². The quantitative estimate of drug-likeness (QED) is 0.847. The molecule has 0 saturated carbocycles. The molecule has 1 aromatic heterocycles. The van der Waals surface area contributed by atoms with E-state index in [2.05, 4.69) is 18.8 Å². The number of nitrogens with two attached hydrogens (primary N) is 1. The topological polar surface area (TPSA) is 79.5 Å². The molecular formula is C16H21N3O2. The van der Waals surface area contributed by atoms with E-state index in [0.717, 1.165) is 10.9 Å². The summed E-state index contributed by atoms with van der Waals surface area (Å²) in [6, 6.07) is 9.62. The predicted molar refractivity (Wildman–Crippen MR) is 83.9 cm³/mol. The van der Waals surface area contributed by atoms with E-state index in [-0.39, 0.29) is 13.2 Å². The molecule has 0 spiro atoms. The van der Waals surface area contributed by atoms with Gasteiger partial charge in [0, 0.05) is 17.5 Å². The Bertz CT molecular complexity index is 640. The fourth-order valence-electron chi connectivity index (χ4n) is 2.39. The van der Waals surface area contributed by atoms with Gasteiger partial charge in [0.05, 0.1) is 18.7 Å². The average molecular weight is 287 g/mol. The molecule has 5 nitrogen and oxygen atoms in total. The van der Waals surface area contributed by atoms with Gasteiger partial charge < -0.3 is 15.7 Å². The summed E-state index contributed by atoms with van der Waals surface area (Å²) >= 11 is 0. The summed E-state index contributed by atoms with van der Waals surface area (Å²) in [6.07, 6.45) is 0. The zero-order valence-electron chi connectivity index (χ0n) is 12.4. The van der Waals surface area contributed by atoms with Crippen LogP contribution in [0.4, 0.5) is 5.82 Å². The molecule has 0 saturated heterocycles. The number of rotatable bonds is 6. The fraction of sp³-hybridized carbons (Fsp3) is 0.375. The Balaban J connectivity index is 2.50. The number of carbonyl (C=O) groups excluding carboxylic acids is 1. The molecule has 0 aliphatic heterocycles. The molecule has 0 fully saturated rings. The number of amides is 1. The van der Waals surface area contributed by atoms with E-state index in [4.69, 9.17) is 5.73 Å². The van der Waals surface area contributed by atoms with Crippen LogP contribution in [0.5, 0.6) is 0 Å². The predicted octanol–water partition coefficient (Wildman–Crippen LogP) is 1.67. The lowest BCUT2D eigenvalue weighted by molar-refractivity contribution is -0.116. The highest BCUT2D eigenvalue weighted by Gasteiger charge is 2.17. The van der Waals surface area contributed by atoms with Gasteiger partial charge in [-0.25, -0.2) is 4.98 Å². The first-order chi connectivity index (χ1) is 10.0. The highest BCUT2D eigenvalue weighted by molar-refractivity contribution is 5.84. The maximum atomic E-state index is 11.3. The van der Waals surface area contributed by atoms with Crippen molar-refractivity contribution < 1.29 is 9.90 Å². The van der Waals surface area contributed by atoms with Gasteiger partial charge in [0.15, 0.2) is 0 Å². The van der Waals surface area contributed by atoms with Crippen molar-refractivity contribution in [2.45, 2.75) is 20.5 Å². The minimum absolute atomic E-state index is 0.0938. The SMILES string of the molecule is CC(C)CN(CC(N)=O)c1nc2ccccc2cc1CO. The van der Waals surface area contributed by atoms with Gasteiger partial charge >= 0.3 is 0 Å². The Morgan fingerprint density at radius 1 is 1.38 bits per heavy atom. The summed E-state index contributed by atoms with van der Waals surface area (Å²) in [5.41, 5.74) is 6.88. The maximum absolute atomic E-state index is 11.3. The highest BCUT2D eigenvalue weighted by Crippen LogP contribution is 2.24. The first kappa shape index (κ1) is 15.3. The van der Waals surface area contributed by atoms with Gasteiger partial charge in [0.1, 0.15) is 5.82 Å². The number of benzene rings is 1. The molecule has 5 heteroatoms. The third-order valence-corrected chi connectivity index (χ3v) is 3.18. The second-order valence-corrected chi connectivity index (χ2v) is 5.56. The van der Waals surface area contributed by atoms with Gasteiger partial charge in [-0.2, -0.15) is 0 Å². The molecule has 2 aromatic rings. The van der Waals surface area contributed by atoms with Gasteiger partial charge in [-0.1, -0.05) is 32.0 Å². The van der Waals surface area contributed by atoms with Crippen molar-refractivity contribution in [1.82, 2.24) is 4.98 Å². The third-order valence-electron chi connectivity index (χ3n) is 3.18. The number of fused-ring (bicyclic) bond motifs is 1. The molecule has 0 aliphatic rings. The molecule has 3 N–H and O–H groups in total. The molecule has 1 aromatic carbocycles. The van der Waals surface area contributed by atoms with E-state index < -0.39 is 5.91 Å². The summed E-state index contributed by atoms with van der Waals surface area (Å²) in [4.78, 5) is 17.8. The van der Waals surface area contributed by atoms with Crippen LogP contribution in [-0.2, 0) is 11.4 Å². The summed E-state index contributed by atoms with van der Waals surface area (Å²) in [6.45, 7) is 4.75. The highest BCUT2D eigenvalue weighted by atomic mass is 16.3. The Hall–Kier alpha value is -2.14. The van der Waals surface area contributed by atoms with Crippen LogP contribution in [0.15, 0.2) is 30.3 Å². The minimum Gasteiger partial charge on any atom is -0.392 e. The maximum Gasteiger partial charge on any atom is 0.236 e. The Morgan fingerprint density at radius 3 is 2.71 bits per heavy atom. The van der Waals surface area contributed by atoms with Crippen LogP contribution in [0.1, 0.15) is 19.4 Å². The number of para-hydroxylation sites is 1. The van der Waals surface area contributed by atoms with Crippen molar-refractivity contribution in [1.29, 1.82) is 0 Å². The van der Waals surface area contributed by atoms with E-state index in [1.165, 1.54) is 0 Å². The van der Waals surface area contributed by atoms with E-state index in [1.807, 2.05) is 35.2 Å². The molecule has 2 rings (SSSR count). The number of aromatic nitrogens is 1. The molecule has 0 atom stereocenters. The second kappa shape index (κ2) is 6.54. The first-order valence-corrected chi connectivity index (χ1v) is 7.04. The van der Waals surface area contributed by atoms with Crippen LogP contribution in [0.2, 0.25) is 0 Å². The van der Waals surface area contributed by atoms with Crippen molar-refractivity contribution in [2.24, 2.45) is 11.7 Å². The molecule has 1 amide bonds. The molecule has 0 radical (unpaired) electrons. The number of hydrogen-bond donors (Lipinski definition) is 2. The van der Waals surface area contributed by atoms with E-state index in [0.29, 0.717) is 23.8 Å². The van der Waals surface area contributed by atoms with E-state index in [1.54, 1.807) is 0 Å². The third kappa shape index (κ3) is 3.70. The monoisotopic (exact) mass is 287 g/mol. The van der Waals surface area contributed by atoms with Crippen molar-refractivity contribution in [3.63, 3.8) is 0 Å². The standard InChI is InChI=1S/C16H21N3O2/c1-11(2)8-19(9-15(17)21)16-13(10-20)7-12-5-3-4-6-14(12)18-16/h3-7,11,20H,8-10H2,1-2H3,(H2,17,21). The molecule has 0 unspecified atom stereocenters. The largest absolute Gasteiger partial charge is 0.392 e. The fourth-order valence-corrected chi connectivity index (χ4v) is 2.39. The number of primary amides is 1. The van der Waals surface area contributed by atoms with Crippen LogP contribution in [0, 0.1) is 5.92 Å². The van der Waals surface area contributed by atoms with Gasteiger partial charge in [0.25, 0.3) is 0 Å². The molecule has 112 valence electrons. The van der Waals surface area contributed by atoms with Crippen LogP contribution in [0.25, 0.3) is 10.9 Å². The van der Waals surface area contributed by atoms with Gasteiger partial charge in [-0.05, 0) is 18.1 Å². The second-order valence-electron chi connectivity index (χ2n) is 5.56. The van der Waals surface area contributed by atoms with E-state index in [9.17, 15) is 9.90 Å². The first-order valence-electron chi connectivity index (χ1n) is 7.04. The normalized spacial score (nSPS) is 11.0. The zero-order chi connectivity index (χ0) is 15.4. The summed E-state index contributed by atoms with van der Waals surface area (Å²) in [5.74, 6) is 0.572. The summed E-state index contributed by atoms with van der Waals surface area (Å²) in [7, 11) is 0. The van der Waals surface area contributed by atoms with Crippen LogP contribution in [-0.4, -0.2) is 29.1 Å². The molecule has 0 bridgehead atoms. The van der Waals surface area contributed by atoms with Crippen molar-refractivity contribution in [3.05, 3.63) is 35.9 Å². The van der Waals surface area contributed by atoms with Gasteiger partial charge in [-0.15, -0.1) is 0 Å². The number of nitrogens with zero attached hydrogens (tertiary/aromatic N) is 2. The lowest BCUT2D eigenvalue weighted by atomic mass is 10.1. The lowest BCUT2D eigenvalue weighted by Crippen LogP contribution is -2.37. The summed E-state index contributed by atoms with van der Waals surface area (Å²) < 4.78 is 0. The van der Waals surface area contributed by atoms with E-state index >= 15 is 0 Å². The van der Waals surface area contributed by atoms with Crippen molar-refractivity contribution in [2.75, 3.05) is 18.0 Å². The average Bonchev–Trinajstić information content (AvgIpc) is 2.44. The number of pyridine rings is 1. The minimum atomic E-state index is -0.408. The molecular weight excluding hydrogens is 266 g/mol. The van der Waals surface area contributed by atoms with Gasteiger partial charge in [0.2, 0.25) is 5.91 Å². The zero-order valence-corrected chi connectivity index (χ0v) is 12.4. The van der Waals surface area contributed by atoms with Crippen molar-refractivity contribution in [3.8, 4) is 0 Å². The number of aliphatic hydroxyl groups excluding tert-OH is 1. The number of hydrogen-bond acceptors (Lipinski definition) is 4. The van der Waals surface area contributed by atoms with Gasteiger partial charge in [-0.3, -0.25) is 4.79 Å². The van der Waals surface area contributed by atoms with Crippen molar-refractivity contribution >= 4 is 22.6 Å². The summed E-state index contributed by atoms with van der Waals surface area (Å²) in [5, 5.41) is 10.6. The molecule has 1 heterocycles. The molecule has 0 aliphatic carbocycles. The number of carbonyl (C=O) groups is 1. The Labute approximate surface area is 124 Å². The Morgan fingerprint density at radius 2 is 2.10 bits per heavy atom. The number of anilines is 1. The van der Waals surface area contributed by atoms with Crippen LogP contribution < -0.4 is 10.6 Å². The smallest absolute Gasteiger partial charge is 0.236 e. The lowest BCUT2D eigenvalue weighted by Gasteiger charge is -2.26.